The quantitative estimate of drug-likeness (QED) is 0.429. The number of fused-ring (bicyclic) bond motifs is 1. The van der Waals surface area contributed by atoms with Gasteiger partial charge in [-0.2, -0.15) is 9.97 Å². The second kappa shape index (κ2) is 10.6. The Bertz CT molecular complexity index is 1030. The van der Waals surface area contributed by atoms with Crippen molar-refractivity contribution in [3.63, 3.8) is 0 Å². The molecule has 3 N–H and O–H groups in total. The van der Waals surface area contributed by atoms with E-state index < -0.39 is 0 Å². The Morgan fingerprint density at radius 3 is 2.47 bits per heavy atom. The van der Waals surface area contributed by atoms with Gasteiger partial charge in [0.05, 0.1) is 29.2 Å². The van der Waals surface area contributed by atoms with Gasteiger partial charge in [-0.25, -0.2) is 0 Å². The van der Waals surface area contributed by atoms with Crippen LogP contribution in [0.15, 0.2) is 34.9 Å². The summed E-state index contributed by atoms with van der Waals surface area (Å²) < 4.78 is 8.67. The van der Waals surface area contributed by atoms with Crippen LogP contribution in [0.1, 0.15) is 50.2 Å². The molecule has 0 aliphatic carbocycles. The zero-order chi connectivity index (χ0) is 22.5. The number of ether oxygens (including phenoxy) is 1. The Kier molecular flexibility index (Phi) is 7.65. The molecule has 0 unspecified atom stereocenters. The molecule has 1 fully saturated rings. The van der Waals surface area contributed by atoms with Gasteiger partial charge in [-0.05, 0) is 65.5 Å². The summed E-state index contributed by atoms with van der Waals surface area (Å²) >= 11 is 3.65. The molecule has 1 saturated heterocycles. The number of nitrogens with zero attached hydrogens (tertiary/aromatic N) is 4. The average molecular weight is 502 g/mol. The van der Waals surface area contributed by atoms with Gasteiger partial charge in [0, 0.05) is 13.0 Å². The summed E-state index contributed by atoms with van der Waals surface area (Å²) in [5, 5.41) is 10.7. The van der Waals surface area contributed by atoms with Crippen molar-refractivity contribution in [2.75, 3.05) is 25.4 Å². The van der Waals surface area contributed by atoms with Crippen LogP contribution in [0, 0.1) is 0 Å². The van der Waals surface area contributed by atoms with Crippen LogP contribution in [0.5, 0.6) is 6.01 Å². The number of anilines is 1. The normalized spacial score (nSPS) is 15.5. The Hall–Kier alpha value is -2.16. The van der Waals surface area contributed by atoms with Crippen LogP contribution in [-0.2, 0) is 13.1 Å². The van der Waals surface area contributed by atoms with Crippen LogP contribution >= 0.6 is 15.9 Å². The first-order valence-electron chi connectivity index (χ1n) is 11.5. The molecule has 8 heteroatoms. The van der Waals surface area contributed by atoms with Gasteiger partial charge in [-0.15, -0.1) is 0 Å². The van der Waals surface area contributed by atoms with Crippen LogP contribution < -0.4 is 10.5 Å². The molecule has 32 heavy (non-hydrogen) atoms. The van der Waals surface area contributed by atoms with Crippen LogP contribution in [-0.4, -0.2) is 50.3 Å². The molecule has 0 bridgehead atoms. The predicted octanol–water partition coefficient (Wildman–Crippen LogP) is 4.35. The topological polar surface area (TPSA) is 89.4 Å². The number of nitrogens with two attached hydrogens (primary N) is 1. The maximum atomic E-state index is 9.91. The molecule has 2 aromatic heterocycles. The number of aromatic nitrogens is 3. The molecule has 0 radical (unpaired) electrons. The van der Waals surface area contributed by atoms with E-state index in [2.05, 4.69) is 66.6 Å². The number of aliphatic hydroxyl groups excluding tert-OH is 1. The standard InChI is InChI=1S/C24H32BrN5O2/c1-2-5-19(31)10-13-32-24-27-22(26)20-14-21(25)30(23(20)28-24)16-18-8-6-17(7-9-18)15-29-11-3-4-12-29/h6-9,14,19,31H,2-5,10-13,15-16H2,1H3,(H2,26,27,28)/t19-/m0/s1. The maximum absolute atomic E-state index is 9.91. The lowest BCUT2D eigenvalue weighted by Crippen LogP contribution is -2.18. The molecular formula is C24H32BrN5O2. The molecule has 0 saturated carbocycles. The lowest BCUT2D eigenvalue weighted by atomic mass is 10.1. The molecule has 0 spiro atoms. The van der Waals surface area contributed by atoms with Crippen molar-refractivity contribution < 1.29 is 9.84 Å². The van der Waals surface area contributed by atoms with Crippen molar-refractivity contribution in [2.24, 2.45) is 0 Å². The highest BCUT2D eigenvalue weighted by atomic mass is 79.9. The lowest BCUT2D eigenvalue weighted by Gasteiger charge is -2.15. The fraction of sp³-hybridized carbons (Fsp3) is 0.500. The number of hydrogen-bond donors (Lipinski definition) is 2. The molecule has 3 heterocycles. The third-order valence-electron chi connectivity index (χ3n) is 5.98. The molecule has 1 aromatic carbocycles. The largest absolute Gasteiger partial charge is 0.463 e. The van der Waals surface area contributed by atoms with Gasteiger partial charge in [0.15, 0.2) is 5.65 Å². The SMILES string of the molecule is CCC[C@H](O)CCOc1nc(N)c2cc(Br)n(Cc3ccc(CN4CCCC4)cc3)c2n1. The molecule has 4 rings (SSSR count). The minimum Gasteiger partial charge on any atom is -0.463 e. The van der Waals surface area contributed by atoms with Crippen molar-refractivity contribution in [3.05, 3.63) is 46.1 Å². The van der Waals surface area contributed by atoms with E-state index in [1.807, 2.05) is 6.07 Å². The minimum atomic E-state index is -0.368. The number of likely N-dealkylation sites (tertiary alicyclic amines) is 1. The number of halogens is 1. The molecule has 3 aromatic rings. The van der Waals surface area contributed by atoms with E-state index in [9.17, 15) is 5.11 Å². The first-order valence-corrected chi connectivity index (χ1v) is 12.3. The fourth-order valence-electron chi connectivity index (χ4n) is 4.21. The highest BCUT2D eigenvalue weighted by Crippen LogP contribution is 2.29. The van der Waals surface area contributed by atoms with Gasteiger partial charge in [0.25, 0.3) is 0 Å². The van der Waals surface area contributed by atoms with Gasteiger partial charge in [-0.3, -0.25) is 4.90 Å². The highest BCUT2D eigenvalue weighted by Gasteiger charge is 2.16. The summed E-state index contributed by atoms with van der Waals surface area (Å²) in [4.78, 5) is 11.4. The summed E-state index contributed by atoms with van der Waals surface area (Å²) in [6, 6.07) is 11.0. The maximum Gasteiger partial charge on any atom is 0.320 e. The first kappa shape index (κ1) is 23.0. The second-order valence-electron chi connectivity index (χ2n) is 8.56. The van der Waals surface area contributed by atoms with Crippen molar-refractivity contribution in [2.45, 2.75) is 58.2 Å². The summed E-state index contributed by atoms with van der Waals surface area (Å²) in [6.07, 6.45) is 4.50. The number of benzene rings is 1. The second-order valence-corrected chi connectivity index (χ2v) is 9.37. The Labute approximate surface area is 197 Å². The third-order valence-corrected chi connectivity index (χ3v) is 6.64. The average Bonchev–Trinajstić information content (AvgIpc) is 3.38. The molecule has 0 amide bonds. The zero-order valence-corrected chi connectivity index (χ0v) is 20.2. The fourth-order valence-corrected chi connectivity index (χ4v) is 4.73. The van der Waals surface area contributed by atoms with Gasteiger partial charge >= 0.3 is 6.01 Å². The minimum absolute atomic E-state index is 0.242. The Morgan fingerprint density at radius 2 is 1.78 bits per heavy atom. The molecule has 1 aliphatic rings. The third kappa shape index (κ3) is 5.60. The van der Waals surface area contributed by atoms with Gasteiger partial charge in [0.2, 0.25) is 0 Å². The predicted molar refractivity (Wildman–Crippen MR) is 131 cm³/mol. The van der Waals surface area contributed by atoms with Crippen LogP contribution in [0.4, 0.5) is 5.82 Å². The molecule has 1 atom stereocenters. The van der Waals surface area contributed by atoms with E-state index in [1.165, 1.54) is 37.1 Å². The Balaban J connectivity index is 1.48. The smallest absolute Gasteiger partial charge is 0.320 e. The van der Waals surface area contributed by atoms with Crippen molar-refractivity contribution in [3.8, 4) is 6.01 Å². The van der Waals surface area contributed by atoms with Crippen LogP contribution in [0.25, 0.3) is 11.0 Å². The molecule has 7 nitrogen and oxygen atoms in total. The van der Waals surface area contributed by atoms with E-state index >= 15 is 0 Å². The van der Waals surface area contributed by atoms with Gasteiger partial charge in [-0.1, -0.05) is 37.6 Å². The van der Waals surface area contributed by atoms with Crippen molar-refractivity contribution in [1.29, 1.82) is 0 Å². The Morgan fingerprint density at radius 1 is 1.09 bits per heavy atom. The molecule has 172 valence electrons. The number of rotatable bonds is 10. The lowest BCUT2D eigenvalue weighted by molar-refractivity contribution is 0.127. The number of aliphatic hydroxyl groups is 1. The molecular weight excluding hydrogens is 470 g/mol. The van der Waals surface area contributed by atoms with E-state index in [4.69, 9.17) is 10.5 Å². The monoisotopic (exact) mass is 501 g/mol. The van der Waals surface area contributed by atoms with Gasteiger partial charge in [0.1, 0.15) is 5.82 Å². The van der Waals surface area contributed by atoms with E-state index in [0.717, 1.165) is 35.0 Å². The summed E-state index contributed by atoms with van der Waals surface area (Å²) in [5.74, 6) is 0.388. The van der Waals surface area contributed by atoms with Crippen LogP contribution in [0.2, 0.25) is 0 Å². The first-order chi connectivity index (χ1) is 15.5. The van der Waals surface area contributed by atoms with Crippen molar-refractivity contribution in [1.82, 2.24) is 19.4 Å². The number of hydrogen-bond acceptors (Lipinski definition) is 6. The summed E-state index contributed by atoms with van der Waals surface area (Å²) in [7, 11) is 0. The highest BCUT2D eigenvalue weighted by molar-refractivity contribution is 9.10. The van der Waals surface area contributed by atoms with E-state index in [-0.39, 0.29) is 12.1 Å². The van der Waals surface area contributed by atoms with Gasteiger partial charge < -0.3 is 20.1 Å². The summed E-state index contributed by atoms with van der Waals surface area (Å²) in [6.45, 7) is 6.49. The number of nitrogen functional groups attached to an aromatic ring is 1. The summed E-state index contributed by atoms with van der Waals surface area (Å²) in [5.41, 5.74) is 9.46. The zero-order valence-electron chi connectivity index (χ0n) is 18.6. The van der Waals surface area contributed by atoms with E-state index in [1.54, 1.807) is 0 Å². The van der Waals surface area contributed by atoms with Crippen LogP contribution in [0.3, 0.4) is 0 Å². The van der Waals surface area contributed by atoms with Crippen molar-refractivity contribution >= 4 is 32.8 Å². The van der Waals surface area contributed by atoms with E-state index in [0.29, 0.717) is 25.4 Å². The molecule has 1 aliphatic heterocycles.